The number of ketones is 1. The van der Waals surface area contributed by atoms with Crippen LogP contribution in [0.5, 0.6) is 5.75 Å². The smallest absolute Gasteiger partial charge is 0.306 e. The third kappa shape index (κ3) is 5.82. The number of carbonyl (C=O) groups excluding carboxylic acids is 2. The largest absolute Gasteiger partial charge is 0.486 e. The molecule has 4 nitrogen and oxygen atoms in total. The summed E-state index contributed by atoms with van der Waals surface area (Å²) in [4.78, 5) is 22.5. The van der Waals surface area contributed by atoms with Gasteiger partial charge >= 0.3 is 5.97 Å². The summed E-state index contributed by atoms with van der Waals surface area (Å²) in [6, 6.07) is 7.24. The first-order valence-corrected chi connectivity index (χ1v) is 6.46. The van der Waals surface area contributed by atoms with Crippen molar-refractivity contribution in [2.75, 3.05) is 13.2 Å². The van der Waals surface area contributed by atoms with Gasteiger partial charge in [0.25, 0.3) is 0 Å². The van der Waals surface area contributed by atoms with Crippen LogP contribution in [0.1, 0.15) is 19.8 Å². The molecule has 0 amide bonds. The average molecular weight is 315 g/mol. The number of halogens is 1. The van der Waals surface area contributed by atoms with E-state index >= 15 is 0 Å². The van der Waals surface area contributed by atoms with Crippen molar-refractivity contribution in [3.63, 3.8) is 0 Å². The number of hydrogen-bond acceptors (Lipinski definition) is 4. The van der Waals surface area contributed by atoms with Crippen LogP contribution < -0.4 is 4.74 Å². The van der Waals surface area contributed by atoms with Crippen molar-refractivity contribution in [1.29, 1.82) is 0 Å². The topological polar surface area (TPSA) is 52.6 Å². The molecule has 0 bridgehead atoms. The summed E-state index contributed by atoms with van der Waals surface area (Å²) in [5.41, 5.74) is 0. The fraction of sp³-hybridized carbons (Fsp3) is 0.385. The Morgan fingerprint density at radius 2 is 2.06 bits per heavy atom. The van der Waals surface area contributed by atoms with Gasteiger partial charge in [-0.05, 0) is 25.1 Å². The quantitative estimate of drug-likeness (QED) is 0.726. The van der Waals surface area contributed by atoms with E-state index in [-0.39, 0.29) is 31.2 Å². The van der Waals surface area contributed by atoms with Gasteiger partial charge in [0.05, 0.1) is 13.0 Å². The predicted octanol–water partition coefficient (Wildman–Crippen LogP) is 2.74. The molecule has 0 radical (unpaired) electrons. The Balaban J connectivity index is 2.27. The summed E-state index contributed by atoms with van der Waals surface area (Å²) in [7, 11) is 0. The molecule has 0 heterocycles. The van der Waals surface area contributed by atoms with Gasteiger partial charge in [0.15, 0.2) is 5.78 Å². The highest BCUT2D eigenvalue weighted by Crippen LogP contribution is 2.17. The van der Waals surface area contributed by atoms with Gasteiger partial charge in [0.2, 0.25) is 0 Å². The van der Waals surface area contributed by atoms with Crippen molar-refractivity contribution in [3.05, 3.63) is 28.7 Å². The summed E-state index contributed by atoms with van der Waals surface area (Å²) in [6.45, 7) is 2.04. The number of Topliss-reactive ketones (excluding diaryl/α,β-unsaturated/α-hetero) is 1. The first kappa shape index (κ1) is 14.7. The first-order chi connectivity index (χ1) is 8.61. The zero-order chi connectivity index (χ0) is 13.4. The van der Waals surface area contributed by atoms with Gasteiger partial charge in [0, 0.05) is 10.9 Å². The molecule has 0 saturated carbocycles. The third-order valence-electron chi connectivity index (χ3n) is 2.11. The first-order valence-electron chi connectivity index (χ1n) is 5.67. The molecule has 0 fully saturated rings. The van der Waals surface area contributed by atoms with Crippen molar-refractivity contribution >= 4 is 27.7 Å². The predicted molar refractivity (Wildman–Crippen MR) is 70.5 cm³/mol. The number of carbonyl (C=O) groups is 2. The summed E-state index contributed by atoms with van der Waals surface area (Å²) < 4.78 is 10.9. The molecule has 98 valence electrons. The second kappa shape index (κ2) is 7.87. The summed E-state index contributed by atoms with van der Waals surface area (Å²) in [5, 5.41) is 0. The molecule has 1 aromatic carbocycles. The molecule has 0 aliphatic heterocycles. The molecule has 18 heavy (non-hydrogen) atoms. The minimum atomic E-state index is -0.353. The molecule has 0 aliphatic rings. The molecule has 0 spiro atoms. The Hall–Kier alpha value is -1.36. The van der Waals surface area contributed by atoms with Crippen LogP contribution in [0.4, 0.5) is 0 Å². The molecule has 5 heteroatoms. The van der Waals surface area contributed by atoms with E-state index in [0.717, 1.165) is 4.47 Å². The van der Waals surface area contributed by atoms with Crippen LogP contribution in [0, 0.1) is 0 Å². The number of benzene rings is 1. The lowest BCUT2D eigenvalue weighted by Crippen LogP contribution is -2.14. The van der Waals surface area contributed by atoms with E-state index in [0.29, 0.717) is 12.4 Å². The maximum Gasteiger partial charge on any atom is 0.306 e. The van der Waals surface area contributed by atoms with E-state index in [1.807, 2.05) is 12.1 Å². The molecule has 0 atom stereocenters. The monoisotopic (exact) mass is 314 g/mol. The van der Waals surface area contributed by atoms with Crippen molar-refractivity contribution in [3.8, 4) is 5.75 Å². The Labute approximate surface area is 114 Å². The van der Waals surface area contributed by atoms with Gasteiger partial charge in [-0.25, -0.2) is 0 Å². The molecule has 0 aliphatic carbocycles. The van der Waals surface area contributed by atoms with E-state index in [9.17, 15) is 9.59 Å². The Kier molecular flexibility index (Phi) is 6.43. The van der Waals surface area contributed by atoms with Crippen molar-refractivity contribution in [2.24, 2.45) is 0 Å². The van der Waals surface area contributed by atoms with Gasteiger partial charge in [-0.2, -0.15) is 0 Å². The highest BCUT2D eigenvalue weighted by atomic mass is 79.9. The van der Waals surface area contributed by atoms with Crippen LogP contribution >= 0.6 is 15.9 Å². The zero-order valence-electron chi connectivity index (χ0n) is 10.1. The van der Waals surface area contributed by atoms with Crippen LogP contribution in [0.25, 0.3) is 0 Å². The van der Waals surface area contributed by atoms with E-state index in [1.54, 1.807) is 19.1 Å². The SMILES string of the molecule is CCOC(=O)CCC(=O)COc1cccc(Br)c1. The lowest BCUT2D eigenvalue weighted by atomic mass is 10.2. The second-order valence-electron chi connectivity index (χ2n) is 3.59. The maximum absolute atomic E-state index is 11.5. The number of esters is 1. The van der Waals surface area contributed by atoms with E-state index in [4.69, 9.17) is 9.47 Å². The van der Waals surface area contributed by atoms with E-state index in [1.165, 1.54) is 0 Å². The number of hydrogen-bond donors (Lipinski definition) is 0. The molecule has 0 unspecified atom stereocenters. The van der Waals surface area contributed by atoms with Crippen LogP contribution in [0.15, 0.2) is 28.7 Å². The van der Waals surface area contributed by atoms with Crippen LogP contribution in [-0.4, -0.2) is 25.0 Å². The number of ether oxygens (including phenoxy) is 2. The minimum absolute atomic E-state index is 0.0319. The van der Waals surface area contributed by atoms with Crippen molar-refractivity contribution in [1.82, 2.24) is 0 Å². The fourth-order valence-corrected chi connectivity index (χ4v) is 1.65. The normalized spacial score (nSPS) is 9.89. The minimum Gasteiger partial charge on any atom is -0.486 e. The molecule has 1 aromatic rings. The van der Waals surface area contributed by atoms with Crippen LogP contribution in [0.3, 0.4) is 0 Å². The lowest BCUT2D eigenvalue weighted by Gasteiger charge is -2.05. The van der Waals surface area contributed by atoms with Gasteiger partial charge in [-0.1, -0.05) is 22.0 Å². The highest BCUT2D eigenvalue weighted by molar-refractivity contribution is 9.10. The third-order valence-corrected chi connectivity index (χ3v) is 2.60. The van der Waals surface area contributed by atoms with Crippen molar-refractivity contribution in [2.45, 2.75) is 19.8 Å². The Morgan fingerprint density at radius 3 is 2.72 bits per heavy atom. The van der Waals surface area contributed by atoms with E-state index in [2.05, 4.69) is 15.9 Å². The number of rotatable bonds is 7. The molecular weight excluding hydrogens is 300 g/mol. The standard InChI is InChI=1S/C13H15BrO4/c1-2-17-13(16)7-6-11(15)9-18-12-5-3-4-10(14)8-12/h3-5,8H,2,6-7,9H2,1H3. The maximum atomic E-state index is 11.5. The van der Waals surface area contributed by atoms with Gasteiger partial charge in [0.1, 0.15) is 12.4 Å². The Morgan fingerprint density at radius 1 is 1.28 bits per heavy atom. The molecular formula is C13H15BrO4. The van der Waals surface area contributed by atoms with Gasteiger partial charge in [-0.3, -0.25) is 9.59 Å². The van der Waals surface area contributed by atoms with E-state index < -0.39 is 0 Å². The average Bonchev–Trinajstić information content (AvgIpc) is 2.34. The molecule has 0 aromatic heterocycles. The lowest BCUT2D eigenvalue weighted by molar-refractivity contribution is -0.144. The Bertz CT molecular complexity index is 417. The zero-order valence-corrected chi connectivity index (χ0v) is 11.7. The fourth-order valence-electron chi connectivity index (χ4n) is 1.27. The van der Waals surface area contributed by atoms with Gasteiger partial charge < -0.3 is 9.47 Å². The second-order valence-corrected chi connectivity index (χ2v) is 4.51. The molecule has 1 rings (SSSR count). The van der Waals surface area contributed by atoms with Crippen LogP contribution in [0.2, 0.25) is 0 Å². The highest BCUT2D eigenvalue weighted by Gasteiger charge is 2.08. The van der Waals surface area contributed by atoms with Crippen molar-refractivity contribution < 1.29 is 19.1 Å². The molecule has 0 saturated heterocycles. The summed E-state index contributed by atoms with van der Waals surface area (Å²) in [6.07, 6.45) is 0.251. The summed E-state index contributed by atoms with van der Waals surface area (Å²) >= 11 is 3.31. The van der Waals surface area contributed by atoms with Gasteiger partial charge in [-0.15, -0.1) is 0 Å². The molecule has 0 N–H and O–H groups in total. The van der Waals surface area contributed by atoms with Crippen LogP contribution in [-0.2, 0) is 14.3 Å². The summed E-state index contributed by atoms with van der Waals surface area (Å²) in [5.74, 6) is 0.144.